The summed E-state index contributed by atoms with van der Waals surface area (Å²) in [4.78, 5) is 152. The zero-order chi connectivity index (χ0) is 68.7. The minimum Gasteiger partial charge on any atom is -0.534 e. The Balaban J connectivity index is 0.000000270. The SMILES string of the molecule is CCCCOc1cnc(C(NC(=O)N2CCN(CC)C(=O)C2=O)C(=O)N[C@H]2Cc3cccc(C(=O)O)c3OB2O)c(F)c1.CCCCOc1cnc(C(NC(=O)N2CCN(CC)C(=O)C2=O)C(=O)N[C@H]2Cc3cccc(C(=O)OCOC(=O)C(C)(C)C)c3OB2O)c(F)c1. The third-order valence-electron chi connectivity index (χ3n) is 15.0. The zero-order valence-corrected chi connectivity index (χ0v) is 52.6. The second-order valence-corrected chi connectivity index (χ2v) is 22.7. The number of carboxylic acids is 1. The normalized spacial score (nSPS) is 16.8. The number of amides is 10. The Morgan fingerprint density at radius 2 is 1.06 bits per heavy atom. The third kappa shape index (κ3) is 17.4. The highest BCUT2D eigenvalue weighted by Gasteiger charge is 2.45. The van der Waals surface area contributed by atoms with Gasteiger partial charge in [0, 0.05) is 51.4 Å². The molecular formula is C60H72B2F2N10O20. The number of urea groups is 2. The number of para-hydroxylation sites is 2. The summed E-state index contributed by atoms with van der Waals surface area (Å²) in [7, 11) is -3.43. The predicted octanol–water partition coefficient (Wildman–Crippen LogP) is 2.36. The molecule has 34 heteroatoms. The topological polar surface area (TPSA) is 391 Å². The molecule has 8 rings (SSSR count). The maximum atomic E-state index is 15.5. The summed E-state index contributed by atoms with van der Waals surface area (Å²) in [6, 6.07) is 4.87. The quantitative estimate of drug-likeness (QED) is 0.0195. The number of unbranched alkanes of at least 4 members (excludes halogenated alkanes) is 2. The molecule has 4 aliphatic rings. The van der Waals surface area contributed by atoms with E-state index in [2.05, 4.69) is 31.2 Å². The summed E-state index contributed by atoms with van der Waals surface area (Å²) in [5, 5.41) is 40.5. The first-order chi connectivity index (χ1) is 44.7. The number of piperazine rings is 2. The fourth-order valence-electron chi connectivity index (χ4n) is 9.76. The monoisotopic (exact) mass is 1310 g/mol. The Hall–Kier alpha value is -9.98. The number of pyridine rings is 2. The Kier molecular flexibility index (Phi) is 24.4. The standard InChI is InChI=1S/C33H41BFN5O11.C27H31BFN5O9/c1-6-8-14-48-20-16-22(35)24(36-17-20)25(38-32(46)40-13-12-39(7-2)28(42)29(40)43)27(41)37-23-15-19-10-9-11-21(26(19)51-34(23)47)30(44)49-18-50-31(45)33(3,4)5;1-3-5-11-42-16-13-18(29)20(30-14-16)21(32-27(40)34-10-9-33(4-2)24(36)25(34)37)23(35)31-19-12-15-7-6-8-17(26(38)39)22(15)43-28(19)41/h9-11,16-17,23,25,47H,6-8,12-15,18H2,1-5H3,(H,37,41)(H,38,46);6-8,13-14,19,21,41H,3-5,9-12H2,1-2H3,(H,31,35)(H,32,40)(H,38,39)/t23-,25?;19-,21?/m00/s1. The van der Waals surface area contributed by atoms with Gasteiger partial charge in [0.05, 0.1) is 48.5 Å². The van der Waals surface area contributed by atoms with Crippen LogP contribution in [0.15, 0.2) is 60.9 Å². The van der Waals surface area contributed by atoms with Gasteiger partial charge in [-0.3, -0.25) is 53.3 Å². The highest BCUT2D eigenvalue weighted by molar-refractivity contribution is 6.47. The number of esters is 2. The Morgan fingerprint density at radius 1 is 0.638 bits per heavy atom. The number of aromatic carboxylic acids is 1. The summed E-state index contributed by atoms with van der Waals surface area (Å²) in [5.74, 6) is -13.1. The lowest BCUT2D eigenvalue weighted by molar-refractivity contribution is -0.161. The number of hydrogen-bond donors (Lipinski definition) is 7. The molecule has 94 heavy (non-hydrogen) atoms. The van der Waals surface area contributed by atoms with E-state index in [9.17, 15) is 67.9 Å². The van der Waals surface area contributed by atoms with Gasteiger partial charge in [0.25, 0.3) is 0 Å². The van der Waals surface area contributed by atoms with E-state index in [-0.39, 0.29) is 86.2 Å². The molecule has 2 fully saturated rings. The molecule has 502 valence electrons. The molecule has 2 aromatic heterocycles. The van der Waals surface area contributed by atoms with Gasteiger partial charge in [0.15, 0.2) is 23.7 Å². The molecule has 0 bridgehead atoms. The van der Waals surface area contributed by atoms with E-state index in [1.807, 2.05) is 13.8 Å². The van der Waals surface area contributed by atoms with Crippen molar-refractivity contribution in [3.63, 3.8) is 0 Å². The van der Waals surface area contributed by atoms with Crippen LogP contribution >= 0.6 is 0 Å². The number of benzene rings is 2. The van der Waals surface area contributed by atoms with E-state index in [4.69, 9.17) is 28.3 Å². The number of carboxylic acid groups (broad SMARTS) is 1. The Bertz CT molecular complexity index is 3550. The average molecular weight is 1310 g/mol. The largest absolute Gasteiger partial charge is 0.547 e. The van der Waals surface area contributed by atoms with Crippen LogP contribution in [-0.4, -0.2) is 196 Å². The first kappa shape index (κ1) is 71.5. The van der Waals surface area contributed by atoms with Gasteiger partial charge in [0.1, 0.15) is 39.9 Å². The van der Waals surface area contributed by atoms with Gasteiger partial charge >= 0.3 is 67.8 Å². The van der Waals surface area contributed by atoms with Gasteiger partial charge in [-0.05, 0) is 83.6 Å². The molecule has 7 N–H and O–H groups in total. The van der Waals surface area contributed by atoms with Crippen LogP contribution in [0, 0.1) is 17.0 Å². The first-order valence-electron chi connectivity index (χ1n) is 30.2. The van der Waals surface area contributed by atoms with E-state index in [0.717, 1.165) is 25.0 Å². The fourth-order valence-corrected chi connectivity index (χ4v) is 9.76. The van der Waals surface area contributed by atoms with Crippen molar-refractivity contribution in [1.82, 2.24) is 50.8 Å². The lowest BCUT2D eigenvalue weighted by Crippen LogP contribution is -2.60. The molecule has 4 aromatic rings. The highest BCUT2D eigenvalue weighted by atomic mass is 19.1. The van der Waals surface area contributed by atoms with Crippen molar-refractivity contribution in [2.24, 2.45) is 5.41 Å². The molecule has 10 amide bonds. The number of likely N-dealkylation sites (N-methyl/N-ethyl adjacent to an activating group) is 2. The fraction of sp³-hybridized carbons (Fsp3) is 0.450. The van der Waals surface area contributed by atoms with Crippen LogP contribution in [0.1, 0.15) is 129 Å². The van der Waals surface area contributed by atoms with Crippen LogP contribution in [0.3, 0.4) is 0 Å². The number of carbonyl (C=O) groups is 11. The van der Waals surface area contributed by atoms with Gasteiger partial charge in [-0.25, -0.2) is 28.0 Å². The number of ether oxygens (including phenoxy) is 4. The molecule has 2 unspecified atom stereocenters. The number of hydrogen-bond acceptors (Lipinski definition) is 21. The van der Waals surface area contributed by atoms with Crippen molar-refractivity contribution in [2.45, 2.75) is 111 Å². The van der Waals surface area contributed by atoms with Gasteiger partial charge in [-0.1, -0.05) is 51.0 Å². The van der Waals surface area contributed by atoms with Crippen molar-refractivity contribution in [3.05, 3.63) is 106 Å². The molecule has 0 saturated carbocycles. The molecule has 4 atom stereocenters. The van der Waals surface area contributed by atoms with Crippen LogP contribution in [0.25, 0.3) is 0 Å². The number of carbonyl (C=O) groups excluding carboxylic acids is 10. The van der Waals surface area contributed by atoms with Crippen LogP contribution < -0.4 is 40.0 Å². The smallest absolute Gasteiger partial charge is 0.534 e. The van der Waals surface area contributed by atoms with Crippen LogP contribution in [0.4, 0.5) is 18.4 Å². The van der Waals surface area contributed by atoms with Gasteiger partial charge in [-0.2, -0.15) is 0 Å². The lowest BCUT2D eigenvalue weighted by Gasteiger charge is -2.33. The zero-order valence-electron chi connectivity index (χ0n) is 52.6. The van der Waals surface area contributed by atoms with E-state index < -0.39 is 139 Å². The summed E-state index contributed by atoms with van der Waals surface area (Å²) in [6.45, 7) is 12.4. The van der Waals surface area contributed by atoms with Crippen molar-refractivity contribution in [1.29, 1.82) is 0 Å². The number of imide groups is 2. The Labute approximate surface area is 538 Å². The summed E-state index contributed by atoms with van der Waals surface area (Å²) < 4.78 is 62.9. The molecule has 0 aliphatic carbocycles. The van der Waals surface area contributed by atoms with Gasteiger partial charge in [-0.15, -0.1) is 0 Å². The highest BCUT2D eigenvalue weighted by Crippen LogP contribution is 2.33. The maximum Gasteiger partial charge on any atom is 0.547 e. The third-order valence-corrected chi connectivity index (χ3v) is 15.0. The minimum absolute atomic E-state index is 0.0340. The minimum atomic E-state index is -1.85. The molecule has 30 nitrogen and oxygen atoms in total. The van der Waals surface area contributed by atoms with E-state index in [1.165, 1.54) is 46.5 Å². The number of fused-ring (bicyclic) bond motifs is 2. The molecule has 0 spiro atoms. The molecule has 6 heterocycles. The van der Waals surface area contributed by atoms with Crippen molar-refractivity contribution >= 4 is 79.7 Å². The Morgan fingerprint density at radius 3 is 1.46 bits per heavy atom. The van der Waals surface area contributed by atoms with Crippen LogP contribution in [-0.2, 0) is 55.9 Å². The average Bonchev–Trinajstić information content (AvgIpc) is 0.806. The van der Waals surface area contributed by atoms with Gasteiger partial charge < -0.3 is 74.5 Å². The number of aromatic nitrogens is 2. The van der Waals surface area contributed by atoms with Crippen molar-refractivity contribution < 1.29 is 105 Å². The number of rotatable bonds is 22. The predicted molar refractivity (Wildman–Crippen MR) is 324 cm³/mol. The maximum absolute atomic E-state index is 15.5. The summed E-state index contributed by atoms with van der Waals surface area (Å²) in [6.07, 6.45) is 5.29. The van der Waals surface area contributed by atoms with Crippen molar-refractivity contribution in [2.75, 3.05) is 59.3 Å². The summed E-state index contributed by atoms with van der Waals surface area (Å²) >= 11 is 0. The molecule has 0 radical (unpaired) electrons. The van der Waals surface area contributed by atoms with Crippen LogP contribution in [0.2, 0.25) is 0 Å². The second-order valence-electron chi connectivity index (χ2n) is 22.7. The first-order valence-corrected chi connectivity index (χ1v) is 30.2. The molecule has 4 aliphatic heterocycles. The number of nitrogens with one attached hydrogen (secondary N) is 4. The van der Waals surface area contributed by atoms with E-state index in [1.54, 1.807) is 46.8 Å². The summed E-state index contributed by atoms with van der Waals surface area (Å²) in [5.41, 5.74) is -1.36. The number of halogens is 2. The number of nitrogens with zero attached hydrogens (tertiary/aromatic N) is 6. The van der Waals surface area contributed by atoms with E-state index in [0.29, 0.717) is 47.0 Å². The molecular weight excluding hydrogens is 1240 g/mol. The van der Waals surface area contributed by atoms with Gasteiger partial charge in [0.2, 0.25) is 18.6 Å². The second kappa shape index (κ2) is 32.0. The van der Waals surface area contributed by atoms with Crippen molar-refractivity contribution in [3.8, 4) is 23.0 Å². The van der Waals surface area contributed by atoms with E-state index >= 15 is 8.78 Å². The van der Waals surface area contributed by atoms with Crippen LogP contribution in [0.5, 0.6) is 23.0 Å². The lowest BCUT2D eigenvalue weighted by atomic mass is 9.72. The molecule has 2 aromatic carbocycles. The molecule has 2 saturated heterocycles.